The lowest BCUT2D eigenvalue weighted by Gasteiger charge is -2.18. The van der Waals surface area contributed by atoms with Crippen molar-refractivity contribution in [2.45, 2.75) is 25.3 Å². The van der Waals surface area contributed by atoms with Gasteiger partial charge in [0.2, 0.25) is 0 Å². The fourth-order valence-corrected chi connectivity index (χ4v) is 2.25. The maximum atomic E-state index is 6.02. The summed E-state index contributed by atoms with van der Waals surface area (Å²) < 4.78 is 0. The van der Waals surface area contributed by atoms with Crippen molar-refractivity contribution in [2.75, 3.05) is 24.5 Å². The minimum absolute atomic E-state index is 0.0811. The van der Waals surface area contributed by atoms with Crippen LogP contribution in [0.1, 0.15) is 30.9 Å². The monoisotopic (exact) mass is 219 g/mol. The van der Waals surface area contributed by atoms with Gasteiger partial charge in [0.1, 0.15) is 0 Å². The molecule has 1 aromatic rings. The van der Waals surface area contributed by atoms with E-state index in [1.54, 1.807) is 0 Å². The molecule has 0 saturated carbocycles. The molecule has 0 bridgehead atoms. The third-order valence-electron chi connectivity index (χ3n) is 3.27. The van der Waals surface area contributed by atoms with Crippen LogP contribution in [-0.4, -0.2) is 19.6 Å². The number of nitrogens with zero attached hydrogens (tertiary/aromatic N) is 1. The Morgan fingerprint density at radius 1 is 1.12 bits per heavy atom. The van der Waals surface area contributed by atoms with Gasteiger partial charge in [-0.2, -0.15) is 0 Å². The molecule has 0 radical (unpaired) electrons. The summed E-state index contributed by atoms with van der Waals surface area (Å²) in [5.74, 6) is 0. The molecule has 0 unspecified atom stereocenters. The van der Waals surface area contributed by atoms with Gasteiger partial charge in [0.05, 0.1) is 0 Å². The molecule has 3 heteroatoms. The Labute approximate surface area is 97.4 Å². The third kappa shape index (κ3) is 2.54. The molecule has 88 valence electrons. The van der Waals surface area contributed by atoms with Crippen LogP contribution in [0.5, 0.6) is 0 Å². The van der Waals surface area contributed by atoms with E-state index in [4.69, 9.17) is 11.5 Å². The summed E-state index contributed by atoms with van der Waals surface area (Å²) in [4.78, 5) is 2.43. The van der Waals surface area contributed by atoms with Gasteiger partial charge in [0.25, 0.3) is 0 Å². The van der Waals surface area contributed by atoms with E-state index < -0.39 is 0 Å². The predicted molar refractivity (Wildman–Crippen MR) is 68.5 cm³/mol. The van der Waals surface area contributed by atoms with Gasteiger partial charge in [-0.05, 0) is 43.5 Å². The molecule has 1 saturated heterocycles. The first-order valence-electron chi connectivity index (χ1n) is 6.12. The highest BCUT2D eigenvalue weighted by Crippen LogP contribution is 2.22. The van der Waals surface area contributed by atoms with Crippen LogP contribution < -0.4 is 16.4 Å². The molecule has 1 aromatic carbocycles. The van der Waals surface area contributed by atoms with E-state index in [-0.39, 0.29) is 6.04 Å². The normalized spacial score (nSPS) is 17.8. The zero-order chi connectivity index (χ0) is 11.4. The average molecular weight is 219 g/mol. The van der Waals surface area contributed by atoms with E-state index in [1.807, 2.05) is 0 Å². The second-order valence-corrected chi connectivity index (χ2v) is 4.47. The van der Waals surface area contributed by atoms with Crippen LogP contribution in [-0.2, 0) is 0 Å². The van der Waals surface area contributed by atoms with Crippen LogP contribution in [0.25, 0.3) is 0 Å². The van der Waals surface area contributed by atoms with Crippen molar-refractivity contribution < 1.29 is 0 Å². The summed E-state index contributed by atoms with van der Waals surface area (Å²) in [5, 5.41) is 0. The Bertz CT molecular complexity index is 314. The van der Waals surface area contributed by atoms with Gasteiger partial charge < -0.3 is 16.4 Å². The topological polar surface area (TPSA) is 55.3 Å². The van der Waals surface area contributed by atoms with Gasteiger partial charge >= 0.3 is 0 Å². The molecule has 0 spiro atoms. The molecule has 1 fully saturated rings. The van der Waals surface area contributed by atoms with Crippen molar-refractivity contribution in [3.8, 4) is 0 Å². The summed E-state index contributed by atoms with van der Waals surface area (Å²) >= 11 is 0. The number of nitrogens with two attached hydrogens (primary N) is 2. The van der Waals surface area contributed by atoms with Crippen LogP contribution >= 0.6 is 0 Å². The Balaban J connectivity index is 2.03. The maximum absolute atomic E-state index is 6.02. The number of rotatable bonds is 4. The Morgan fingerprint density at radius 3 is 2.31 bits per heavy atom. The highest BCUT2D eigenvalue weighted by Gasteiger charge is 2.12. The van der Waals surface area contributed by atoms with E-state index in [1.165, 1.54) is 37.2 Å². The van der Waals surface area contributed by atoms with E-state index in [0.717, 1.165) is 6.42 Å². The highest BCUT2D eigenvalue weighted by atomic mass is 15.1. The van der Waals surface area contributed by atoms with E-state index in [0.29, 0.717) is 6.54 Å². The van der Waals surface area contributed by atoms with Crippen molar-refractivity contribution in [2.24, 2.45) is 11.5 Å². The molecule has 2 rings (SSSR count). The molecular formula is C13H21N3. The van der Waals surface area contributed by atoms with Crippen LogP contribution in [0, 0.1) is 0 Å². The minimum Gasteiger partial charge on any atom is -0.372 e. The minimum atomic E-state index is 0.0811. The summed E-state index contributed by atoms with van der Waals surface area (Å²) in [6.45, 7) is 3.03. The van der Waals surface area contributed by atoms with Gasteiger partial charge in [-0.15, -0.1) is 0 Å². The maximum Gasteiger partial charge on any atom is 0.0366 e. The van der Waals surface area contributed by atoms with E-state index in [9.17, 15) is 0 Å². The van der Waals surface area contributed by atoms with Crippen molar-refractivity contribution in [3.63, 3.8) is 0 Å². The molecule has 0 aromatic heterocycles. The van der Waals surface area contributed by atoms with Gasteiger partial charge in [-0.1, -0.05) is 12.1 Å². The van der Waals surface area contributed by atoms with E-state index >= 15 is 0 Å². The third-order valence-corrected chi connectivity index (χ3v) is 3.27. The van der Waals surface area contributed by atoms with Gasteiger partial charge in [-0.25, -0.2) is 0 Å². The van der Waals surface area contributed by atoms with Crippen LogP contribution in [0.2, 0.25) is 0 Å². The largest absolute Gasteiger partial charge is 0.372 e. The molecule has 1 heterocycles. The molecule has 4 N–H and O–H groups in total. The lowest BCUT2D eigenvalue weighted by atomic mass is 10.0. The number of benzene rings is 1. The van der Waals surface area contributed by atoms with Crippen LogP contribution in [0.15, 0.2) is 24.3 Å². The second kappa shape index (κ2) is 5.32. The van der Waals surface area contributed by atoms with Crippen molar-refractivity contribution in [3.05, 3.63) is 29.8 Å². The number of hydrogen-bond donors (Lipinski definition) is 2. The molecule has 1 aliphatic heterocycles. The molecule has 3 nitrogen and oxygen atoms in total. The second-order valence-electron chi connectivity index (χ2n) is 4.47. The zero-order valence-electron chi connectivity index (χ0n) is 9.73. The summed E-state index contributed by atoms with van der Waals surface area (Å²) in [7, 11) is 0. The molecule has 0 amide bonds. The van der Waals surface area contributed by atoms with Gasteiger partial charge in [-0.3, -0.25) is 0 Å². The number of anilines is 1. The smallest absolute Gasteiger partial charge is 0.0366 e. The SMILES string of the molecule is NCC[C@H](N)c1ccc(N2CCCC2)cc1. The van der Waals surface area contributed by atoms with Crippen LogP contribution in [0.3, 0.4) is 0 Å². The van der Waals surface area contributed by atoms with Gasteiger partial charge in [0.15, 0.2) is 0 Å². The molecule has 16 heavy (non-hydrogen) atoms. The first-order chi connectivity index (χ1) is 7.81. The van der Waals surface area contributed by atoms with Gasteiger partial charge in [0, 0.05) is 24.8 Å². The van der Waals surface area contributed by atoms with Crippen LogP contribution in [0.4, 0.5) is 5.69 Å². The average Bonchev–Trinajstić information content (AvgIpc) is 2.83. The summed E-state index contributed by atoms with van der Waals surface area (Å²) in [6, 6.07) is 8.70. The number of hydrogen-bond acceptors (Lipinski definition) is 3. The summed E-state index contributed by atoms with van der Waals surface area (Å²) in [5.41, 5.74) is 14.0. The summed E-state index contributed by atoms with van der Waals surface area (Å²) in [6.07, 6.45) is 3.48. The lowest BCUT2D eigenvalue weighted by Crippen LogP contribution is -2.18. The zero-order valence-corrected chi connectivity index (χ0v) is 9.73. The molecule has 0 aliphatic carbocycles. The standard InChI is InChI=1S/C13H21N3/c14-8-7-13(15)11-3-5-12(6-4-11)16-9-1-2-10-16/h3-6,13H,1-2,7-10,14-15H2/t13-/m0/s1. The molecule has 1 atom stereocenters. The first-order valence-corrected chi connectivity index (χ1v) is 6.12. The fourth-order valence-electron chi connectivity index (χ4n) is 2.25. The Kier molecular flexibility index (Phi) is 3.80. The predicted octanol–water partition coefficient (Wildman–Crippen LogP) is 1.64. The Morgan fingerprint density at radius 2 is 1.75 bits per heavy atom. The fraction of sp³-hybridized carbons (Fsp3) is 0.538. The highest BCUT2D eigenvalue weighted by molar-refractivity contribution is 5.48. The van der Waals surface area contributed by atoms with E-state index in [2.05, 4.69) is 29.2 Å². The van der Waals surface area contributed by atoms with Crippen molar-refractivity contribution in [1.29, 1.82) is 0 Å². The lowest BCUT2D eigenvalue weighted by molar-refractivity contribution is 0.661. The Hall–Kier alpha value is -1.06. The molecule has 1 aliphatic rings. The molecular weight excluding hydrogens is 198 g/mol. The van der Waals surface area contributed by atoms with Crippen molar-refractivity contribution >= 4 is 5.69 Å². The van der Waals surface area contributed by atoms with Crippen molar-refractivity contribution in [1.82, 2.24) is 0 Å². The quantitative estimate of drug-likeness (QED) is 0.809. The first kappa shape index (κ1) is 11.4.